The average molecular weight is 356 g/mol. The summed E-state index contributed by atoms with van der Waals surface area (Å²) in [6.07, 6.45) is 1.84. The van der Waals surface area contributed by atoms with Gasteiger partial charge in [-0.05, 0) is 49.2 Å². The van der Waals surface area contributed by atoms with Crippen LogP contribution in [-0.2, 0) is 24.4 Å². The number of thiazole rings is 1. The molecule has 2 aromatic heterocycles. The number of hydrogen-bond donors (Lipinski definition) is 1. The molecule has 2 heterocycles. The highest BCUT2D eigenvalue weighted by Gasteiger charge is 2.09. The zero-order valence-corrected chi connectivity index (χ0v) is 15.1. The smallest absolute Gasteiger partial charge is 0.226 e. The first-order chi connectivity index (χ1) is 12.1. The van der Waals surface area contributed by atoms with Crippen molar-refractivity contribution >= 4 is 17.2 Å². The first kappa shape index (κ1) is 17.2. The van der Waals surface area contributed by atoms with E-state index in [4.69, 9.17) is 9.15 Å². The predicted octanol–water partition coefficient (Wildman–Crippen LogP) is 3.79. The van der Waals surface area contributed by atoms with Crippen LogP contribution in [0.1, 0.15) is 27.6 Å². The molecule has 6 heteroatoms. The maximum absolute atomic E-state index is 11.9. The molecule has 0 saturated carbocycles. The Hall–Kier alpha value is -2.60. The van der Waals surface area contributed by atoms with E-state index in [1.54, 1.807) is 12.3 Å². The van der Waals surface area contributed by atoms with E-state index in [2.05, 4.69) is 24.1 Å². The van der Waals surface area contributed by atoms with Crippen molar-refractivity contribution in [2.75, 3.05) is 0 Å². The van der Waals surface area contributed by atoms with Crippen LogP contribution in [0.4, 0.5) is 0 Å². The molecular formula is C19H20N2O3S. The normalized spacial score (nSPS) is 10.6. The monoisotopic (exact) mass is 356 g/mol. The Morgan fingerprint density at radius 1 is 1.28 bits per heavy atom. The lowest BCUT2D eigenvalue weighted by molar-refractivity contribution is -0.120. The van der Waals surface area contributed by atoms with E-state index in [1.807, 2.05) is 29.6 Å². The van der Waals surface area contributed by atoms with Crippen LogP contribution < -0.4 is 10.1 Å². The van der Waals surface area contributed by atoms with Crippen molar-refractivity contribution in [2.24, 2.45) is 0 Å². The summed E-state index contributed by atoms with van der Waals surface area (Å²) in [6, 6.07) is 9.64. The SMILES string of the molecule is Cc1ccc(OCc2nc(CC(=O)NCc3ccco3)cs2)cc1C. The van der Waals surface area contributed by atoms with Gasteiger partial charge in [0.05, 0.1) is 24.9 Å². The van der Waals surface area contributed by atoms with Gasteiger partial charge in [-0.2, -0.15) is 0 Å². The number of benzene rings is 1. The van der Waals surface area contributed by atoms with Crippen LogP contribution in [0.3, 0.4) is 0 Å². The van der Waals surface area contributed by atoms with Crippen LogP contribution in [0.25, 0.3) is 0 Å². The molecule has 130 valence electrons. The lowest BCUT2D eigenvalue weighted by Gasteiger charge is -2.06. The summed E-state index contributed by atoms with van der Waals surface area (Å²) in [5, 5.41) is 5.56. The molecule has 0 saturated heterocycles. The Balaban J connectivity index is 1.48. The van der Waals surface area contributed by atoms with Crippen LogP contribution in [0.15, 0.2) is 46.4 Å². The number of furan rings is 1. The van der Waals surface area contributed by atoms with Crippen molar-refractivity contribution in [3.8, 4) is 5.75 Å². The lowest BCUT2D eigenvalue weighted by atomic mass is 10.1. The highest BCUT2D eigenvalue weighted by molar-refractivity contribution is 7.09. The minimum absolute atomic E-state index is 0.0803. The summed E-state index contributed by atoms with van der Waals surface area (Å²) in [5.41, 5.74) is 3.19. The third-order valence-corrected chi connectivity index (χ3v) is 4.69. The van der Waals surface area contributed by atoms with Crippen LogP contribution in [-0.4, -0.2) is 10.9 Å². The van der Waals surface area contributed by atoms with E-state index in [9.17, 15) is 4.79 Å². The molecule has 3 rings (SSSR count). The minimum Gasteiger partial charge on any atom is -0.486 e. The maximum atomic E-state index is 11.9. The summed E-state index contributed by atoms with van der Waals surface area (Å²) in [5.74, 6) is 1.48. The van der Waals surface area contributed by atoms with Crippen LogP contribution in [0, 0.1) is 13.8 Å². The summed E-state index contributed by atoms with van der Waals surface area (Å²) in [7, 11) is 0. The van der Waals surface area contributed by atoms with Gasteiger partial charge < -0.3 is 14.5 Å². The Kier molecular flexibility index (Phi) is 5.50. The van der Waals surface area contributed by atoms with Crippen molar-refractivity contribution in [3.05, 3.63) is 69.6 Å². The number of carbonyl (C=O) groups excluding carboxylic acids is 1. The fraction of sp³-hybridized carbons (Fsp3) is 0.263. The maximum Gasteiger partial charge on any atom is 0.226 e. The molecule has 5 nitrogen and oxygen atoms in total. The van der Waals surface area contributed by atoms with Gasteiger partial charge in [-0.3, -0.25) is 4.79 Å². The van der Waals surface area contributed by atoms with Gasteiger partial charge in [0, 0.05) is 5.38 Å². The molecule has 0 atom stereocenters. The number of amides is 1. The first-order valence-electron chi connectivity index (χ1n) is 8.02. The van der Waals surface area contributed by atoms with Crippen LogP contribution in [0.5, 0.6) is 5.75 Å². The lowest BCUT2D eigenvalue weighted by Crippen LogP contribution is -2.24. The van der Waals surface area contributed by atoms with E-state index in [1.165, 1.54) is 22.5 Å². The van der Waals surface area contributed by atoms with Crippen molar-refractivity contribution in [1.29, 1.82) is 0 Å². The van der Waals surface area contributed by atoms with Gasteiger partial charge in [0.15, 0.2) is 0 Å². The number of carbonyl (C=O) groups is 1. The van der Waals surface area contributed by atoms with Gasteiger partial charge in [0.1, 0.15) is 23.1 Å². The molecule has 0 aliphatic rings. The second kappa shape index (κ2) is 7.98. The minimum atomic E-state index is -0.0803. The Bertz CT molecular complexity index is 840. The van der Waals surface area contributed by atoms with Gasteiger partial charge in [0.2, 0.25) is 5.91 Å². The van der Waals surface area contributed by atoms with Crippen molar-refractivity contribution in [2.45, 2.75) is 33.4 Å². The van der Waals surface area contributed by atoms with Gasteiger partial charge in [-0.15, -0.1) is 11.3 Å². The van der Waals surface area contributed by atoms with Crippen molar-refractivity contribution < 1.29 is 13.9 Å². The average Bonchev–Trinajstić information content (AvgIpc) is 3.26. The number of hydrogen-bond acceptors (Lipinski definition) is 5. The molecule has 0 radical (unpaired) electrons. The zero-order chi connectivity index (χ0) is 17.6. The van der Waals surface area contributed by atoms with Crippen LogP contribution in [0.2, 0.25) is 0 Å². The first-order valence-corrected chi connectivity index (χ1v) is 8.90. The third kappa shape index (κ3) is 4.93. The standard InChI is InChI=1S/C19H20N2O3S/c1-13-5-6-16(8-14(13)2)24-11-19-21-15(12-25-19)9-18(22)20-10-17-4-3-7-23-17/h3-8,12H,9-11H2,1-2H3,(H,20,22). The second-order valence-corrected chi connectivity index (χ2v) is 6.74. The van der Waals surface area contributed by atoms with Gasteiger partial charge in [-0.25, -0.2) is 4.98 Å². The molecule has 1 N–H and O–H groups in total. The molecule has 1 amide bonds. The number of rotatable bonds is 7. The molecule has 0 aliphatic carbocycles. The van der Waals surface area contributed by atoms with Crippen molar-refractivity contribution in [3.63, 3.8) is 0 Å². The fourth-order valence-electron chi connectivity index (χ4n) is 2.27. The van der Waals surface area contributed by atoms with E-state index in [0.717, 1.165) is 22.2 Å². The molecule has 25 heavy (non-hydrogen) atoms. The Morgan fingerprint density at radius 2 is 2.16 bits per heavy atom. The van der Waals surface area contributed by atoms with E-state index in [-0.39, 0.29) is 12.3 Å². The molecular weight excluding hydrogens is 336 g/mol. The summed E-state index contributed by atoms with van der Waals surface area (Å²) in [6.45, 7) is 4.92. The Morgan fingerprint density at radius 3 is 2.92 bits per heavy atom. The summed E-state index contributed by atoms with van der Waals surface area (Å²) in [4.78, 5) is 16.4. The summed E-state index contributed by atoms with van der Waals surface area (Å²) >= 11 is 1.50. The topological polar surface area (TPSA) is 64.4 Å². The molecule has 0 aliphatic heterocycles. The van der Waals surface area contributed by atoms with Crippen molar-refractivity contribution in [1.82, 2.24) is 10.3 Å². The zero-order valence-electron chi connectivity index (χ0n) is 14.2. The molecule has 0 bridgehead atoms. The summed E-state index contributed by atoms with van der Waals surface area (Å²) < 4.78 is 11.0. The second-order valence-electron chi connectivity index (χ2n) is 5.80. The van der Waals surface area contributed by atoms with Gasteiger partial charge in [-0.1, -0.05) is 6.07 Å². The molecule has 0 fully saturated rings. The largest absolute Gasteiger partial charge is 0.486 e. The van der Waals surface area contributed by atoms with E-state index < -0.39 is 0 Å². The fourth-order valence-corrected chi connectivity index (χ4v) is 2.98. The van der Waals surface area contributed by atoms with Gasteiger partial charge >= 0.3 is 0 Å². The highest BCUT2D eigenvalue weighted by atomic mass is 32.1. The number of ether oxygens (including phenoxy) is 1. The van der Waals surface area contributed by atoms with E-state index >= 15 is 0 Å². The highest BCUT2D eigenvalue weighted by Crippen LogP contribution is 2.19. The predicted molar refractivity (Wildman–Crippen MR) is 96.6 cm³/mol. The van der Waals surface area contributed by atoms with Gasteiger partial charge in [0.25, 0.3) is 0 Å². The molecule has 0 spiro atoms. The molecule has 1 aromatic carbocycles. The van der Waals surface area contributed by atoms with E-state index in [0.29, 0.717) is 13.2 Å². The number of nitrogens with zero attached hydrogens (tertiary/aromatic N) is 1. The molecule has 0 unspecified atom stereocenters. The number of aromatic nitrogens is 1. The molecule has 3 aromatic rings. The Labute approximate surface area is 150 Å². The van der Waals surface area contributed by atoms with Crippen LogP contribution >= 0.6 is 11.3 Å². The number of aryl methyl sites for hydroxylation is 2. The third-order valence-electron chi connectivity index (χ3n) is 3.82. The number of nitrogens with one attached hydrogen (secondary N) is 1. The quantitative estimate of drug-likeness (QED) is 0.699.